The van der Waals surface area contributed by atoms with Gasteiger partial charge in [0.05, 0.1) is 6.54 Å². The highest BCUT2D eigenvalue weighted by Gasteiger charge is 2.16. The molecule has 1 saturated heterocycles. The highest BCUT2D eigenvalue weighted by Crippen LogP contribution is 2.19. The molecule has 2 aliphatic rings. The Hall–Kier alpha value is -0.870. The first kappa shape index (κ1) is 14.5. The van der Waals surface area contributed by atoms with Crippen LogP contribution in [0.5, 0.6) is 0 Å². The third kappa shape index (κ3) is 5.33. The summed E-state index contributed by atoms with van der Waals surface area (Å²) < 4.78 is 0. The van der Waals surface area contributed by atoms with Gasteiger partial charge in [0.2, 0.25) is 5.91 Å². The summed E-state index contributed by atoms with van der Waals surface area (Å²) in [7, 11) is 2.13. The van der Waals surface area contributed by atoms with E-state index < -0.39 is 0 Å². The van der Waals surface area contributed by atoms with Crippen LogP contribution in [0.4, 0.5) is 0 Å². The number of likely N-dealkylation sites (N-methyl/N-ethyl adjacent to an activating group) is 1. The van der Waals surface area contributed by atoms with Crippen LogP contribution in [0.2, 0.25) is 0 Å². The molecule has 1 amide bonds. The van der Waals surface area contributed by atoms with Gasteiger partial charge in [0.25, 0.3) is 0 Å². The lowest BCUT2D eigenvalue weighted by Crippen LogP contribution is -2.48. The number of hydrogen-bond donors (Lipinski definition) is 1. The van der Waals surface area contributed by atoms with Crippen LogP contribution in [0.1, 0.15) is 32.1 Å². The summed E-state index contributed by atoms with van der Waals surface area (Å²) in [5.74, 6) is 0.181. The Morgan fingerprint density at radius 1 is 1.26 bits per heavy atom. The fourth-order valence-electron chi connectivity index (χ4n) is 2.76. The molecule has 0 saturated carbocycles. The van der Waals surface area contributed by atoms with Crippen LogP contribution in [-0.4, -0.2) is 62.0 Å². The maximum absolute atomic E-state index is 11.8. The van der Waals surface area contributed by atoms with Crippen LogP contribution in [0, 0.1) is 0 Å². The van der Waals surface area contributed by atoms with Gasteiger partial charge in [-0.05, 0) is 39.2 Å². The quantitative estimate of drug-likeness (QED) is 0.760. The summed E-state index contributed by atoms with van der Waals surface area (Å²) in [6.45, 7) is 5.52. The molecule has 1 aliphatic carbocycles. The summed E-state index contributed by atoms with van der Waals surface area (Å²) in [6.07, 6.45) is 8.50. The number of carbonyl (C=O) groups is 1. The first-order valence-electron chi connectivity index (χ1n) is 7.59. The van der Waals surface area contributed by atoms with E-state index in [9.17, 15) is 4.79 Å². The van der Waals surface area contributed by atoms with Crippen LogP contribution in [0.25, 0.3) is 0 Å². The van der Waals surface area contributed by atoms with Crippen LogP contribution in [0.15, 0.2) is 11.6 Å². The largest absolute Gasteiger partial charge is 0.355 e. The van der Waals surface area contributed by atoms with E-state index in [-0.39, 0.29) is 5.91 Å². The Morgan fingerprint density at radius 3 is 2.74 bits per heavy atom. The molecule has 1 heterocycles. The van der Waals surface area contributed by atoms with E-state index in [4.69, 9.17) is 0 Å². The normalized spacial score (nSPS) is 22.1. The fraction of sp³-hybridized carbons (Fsp3) is 0.800. The Balaban J connectivity index is 1.58. The first-order chi connectivity index (χ1) is 9.24. The Morgan fingerprint density at radius 2 is 2.05 bits per heavy atom. The molecule has 1 fully saturated rings. The SMILES string of the molecule is CN1CCN(CC(=O)NCCC2=CCCCC2)CC1. The highest BCUT2D eigenvalue weighted by atomic mass is 16.2. The van der Waals surface area contributed by atoms with Crippen molar-refractivity contribution in [2.75, 3.05) is 46.3 Å². The lowest BCUT2D eigenvalue weighted by Gasteiger charge is -2.31. The Kier molecular flexibility index (Phi) is 5.86. The number of hydrogen-bond acceptors (Lipinski definition) is 3. The molecular weight excluding hydrogens is 238 g/mol. The van der Waals surface area contributed by atoms with Crippen molar-refractivity contribution in [3.8, 4) is 0 Å². The molecule has 0 spiro atoms. The number of amides is 1. The van der Waals surface area contributed by atoms with Crippen molar-refractivity contribution < 1.29 is 4.79 Å². The summed E-state index contributed by atoms with van der Waals surface area (Å²) >= 11 is 0. The van der Waals surface area contributed by atoms with Crippen molar-refractivity contribution in [3.63, 3.8) is 0 Å². The van der Waals surface area contributed by atoms with Gasteiger partial charge in [0.15, 0.2) is 0 Å². The molecule has 0 radical (unpaired) electrons. The second-order valence-electron chi connectivity index (χ2n) is 5.79. The third-order valence-corrected chi connectivity index (χ3v) is 4.12. The zero-order valence-corrected chi connectivity index (χ0v) is 12.2. The van der Waals surface area contributed by atoms with E-state index in [1.165, 1.54) is 31.3 Å². The first-order valence-corrected chi connectivity index (χ1v) is 7.59. The Labute approximate surface area is 116 Å². The number of nitrogens with zero attached hydrogens (tertiary/aromatic N) is 2. The molecule has 0 unspecified atom stereocenters. The molecule has 19 heavy (non-hydrogen) atoms. The fourth-order valence-corrected chi connectivity index (χ4v) is 2.76. The van der Waals surface area contributed by atoms with Gasteiger partial charge in [0.1, 0.15) is 0 Å². The van der Waals surface area contributed by atoms with E-state index in [1.807, 2.05) is 0 Å². The van der Waals surface area contributed by atoms with Gasteiger partial charge < -0.3 is 10.2 Å². The lowest BCUT2D eigenvalue weighted by atomic mass is 9.97. The molecule has 1 aliphatic heterocycles. The molecule has 108 valence electrons. The molecule has 0 atom stereocenters. The van der Waals surface area contributed by atoms with Crippen LogP contribution in [-0.2, 0) is 4.79 Å². The van der Waals surface area contributed by atoms with E-state index in [1.54, 1.807) is 0 Å². The molecular formula is C15H27N3O. The van der Waals surface area contributed by atoms with Crippen molar-refractivity contribution >= 4 is 5.91 Å². The van der Waals surface area contributed by atoms with Gasteiger partial charge in [0, 0.05) is 32.7 Å². The number of rotatable bonds is 5. The second-order valence-corrected chi connectivity index (χ2v) is 5.79. The van der Waals surface area contributed by atoms with Gasteiger partial charge in [-0.2, -0.15) is 0 Å². The molecule has 0 bridgehead atoms. The van der Waals surface area contributed by atoms with Gasteiger partial charge in [-0.15, -0.1) is 0 Å². The molecule has 0 aromatic carbocycles. The van der Waals surface area contributed by atoms with Gasteiger partial charge in [-0.3, -0.25) is 9.69 Å². The highest BCUT2D eigenvalue weighted by molar-refractivity contribution is 5.78. The average Bonchev–Trinajstić information content (AvgIpc) is 2.43. The molecule has 4 heteroatoms. The van der Waals surface area contributed by atoms with E-state index in [0.29, 0.717) is 6.54 Å². The minimum Gasteiger partial charge on any atom is -0.355 e. The predicted octanol–water partition coefficient (Wildman–Crippen LogP) is 1.24. The summed E-state index contributed by atoms with van der Waals surface area (Å²) in [5.41, 5.74) is 1.53. The van der Waals surface area contributed by atoms with Crippen molar-refractivity contribution in [2.24, 2.45) is 0 Å². The number of piperazine rings is 1. The van der Waals surface area contributed by atoms with E-state index in [2.05, 4.69) is 28.2 Å². The molecule has 0 aromatic heterocycles. The maximum Gasteiger partial charge on any atom is 0.234 e. The van der Waals surface area contributed by atoms with Gasteiger partial charge in [-0.25, -0.2) is 0 Å². The monoisotopic (exact) mass is 265 g/mol. The maximum atomic E-state index is 11.8. The number of nitrogens with one attached hydrogen (secondary N) is 1. The zero-order valence-electron chi connectivity index (χ0n) is 12.2. The lowest BCUT2D eigenvalue weighted by molar-refractivity contribution is -0.122. The van der Waals surface area contributed by atoms with Crippen molar-refractivity contribution in [1.29, 1.82) is 0 Å². The van der Waals surface area contributed by atoms with Gasteiger partial charge in [-0.1, -0.05) is 11.6 Å². The Bertz CT molecular complexity index is 319. The van der Waals surface area contributed by atoms with Crippen LogP contribution < -0.4 is 5.32 Å². The molecule has 0 aromatic rings. The number of allylic oxidation sites excluding steroid dienone is 1. The average molecular weight is 265 g/mol. The second kappa shape index (κ2) is 7.65. The van der Waals surface area contributed by atoms with E-state index >= 15 is 0 Å². The van der Waals surface area contributed by atoms with Crippen molar-refractivity contribution in [1.82, 2.24) is 15.1 Å². The predicted molar refractivity (Wildman–Crippen MR) is 78.1 cm³/mol. The molecule has 1 N–H and O–H groups in total. The number of carbonyl (C=O) groups excluding carboxylic acids is 1. The minimum atomic E-state index is 0.181. The topological polar surface area (TPSA) is 35.6 Å². The summed E-state index contributed by atoms with van der Waals surface area (Å²) in [5, 5.41) is 3.05. The minimum absolute atomic E-state index is 0.181. The third-order valence-electron chi connectivity index (χ3n) is 4.12. The van der Waals surface area contributed by atoms with Crippen molar-refractivity contribution in [3.05, 3.63) is 11.6 Å². The van der Waals surface area contributed by atoms with Crippen molar-refractivity contribution in [2.45, 2.75) is 32.1 Å². The summed E-state index contributed by atoms with van der Waals surface area (Å²) in [6, 6.07) is 0. The van der Waals surface area contributed by atoms with Crippen LogP contribution in [0.3, 0.4) is 0 Å². The smallest absolute Gasteiger partial charge is 0.234 e. The van der Waals surface area contributed by atoms with E-state index in [0.717, 1.165) is 39.1 Å². The standard InChI is InChI=1S/C15H27N3O/c1-17-9-11-18(12-10-17)13-15(19)16-8-7-14-5-3-2-4-6-14/h5H,2-4,6-13H2,1H3,(H,16,19). The van der Waals surface area contributed by atoms with Crippen LogP contribution >= 0.6 is 0 Å². The zero-order chi connectivity index (χ0) is 13.5. The summed E-state index contributed by atoms with van der Waals surface area (Å²) in [4.78, 5) is 16.4. The van der Waals surface area contributed by atoms with Gasteiger partial charge >= 0.3 is 0 Å². The molecule has 4 nitrogen and oxygen atoms in total. The molecule has 2 rings (SSSR count).